The Hall–Kier alpha value is -1.08. The Labute approximate surface area is 123 Å². The Morgan fingerprint density at radius 1 is 1.40 bits per heavy atom. The summed E-state index contributed by atoms with van der Waals surface area (Å²) in [5, 5.41) is 5.89. The lowest BCUT2D eigenvalue weighted by molar-refractivity contribution is -0.137. The molecule has 0 spiro atoms. The van der Waals surface area contributed by atoms with E-state index in [1.165, 1.54) is 6.07 Å². The minimum absolute atomic E-state index is 0.00500. The van der Waals surface area contributed by atoms with Crippen LogP contribution in [0, 0.1) is 0 Å². The zero-order chi connectivity index (χ0) is 14.8. The highest BCUT2D eigenvalue weighted by Gasteiger charge is 2.31. The number of carbonyl (C=O) groups is 1. The first-order chi connectivity index (χ1) is 9.38. The van der Waals surface area contributed by atoms with Crippen molar-refractivity contribution in [3.63, 3.8) is 0 Å². The van der Waals surface area contributed by atoms with Gasteiger partial charge in [-0.1, -0.05) is 0 Å². The second kappa shape index (κ2) is 6.13. The average molecular weight is 351 g/mol. The molecule has 0 aromatic heterocycles. The molecule has 1 atom stereocenters. The van der Waals surface area contributed by atoms with Crippen molar-refractivity contribution in [2.75, 3.05) is 13.1 Å². The maximum absolute atomic E-state index is 12.7. The third-order valence-corrected chi connectivity index (χ3v) is 3.86. The number of hydrogen-bond acceptors (Lipinski definition) is 2. The lowest BCUT2D eigenvalue weighted by Crippen LogP contribution is -2.45. The van der Waals surface area contributed by atoms with Crippen molar-refractivity contribution in [3.8, 4) is 0 Å². The van der Waals surface area contributed by atoms with Gasteiger partial charge in [0.25, 0.3) is 5.91 Å². The molecule has 7 heteroatoms. The van der Waals surface area contributed by atoms with Crippen LogP contribution < -0.4 is 10.6 Å². The molecular formula is C13H14BrF3N2O. The van der Waals surface area contributed by atoms with Gasteiger partial charge in [-0.3, -0.25) is 4.79 Å². The minimum Gasteiger partial charge on any atom is -0.348 e. The van der Waals surface area contributed by atoms with Crippen molar-refractivity contribution in [1.29, 1.82) is 0 Å². The van der Waals surface area contributed by atoms with Crippen molar-refractivity contribution in [2.24, 2.45) is 0 Å². The maximum Gasteiger partial charge on any atom is 0.416 e. The van der Waals surface area contributed by atoms with E-state index >= 15 is 0 Å². The summed E-state index contributed by atoms with van der Waals surface area (Å²) in [6.45, 7) is 1.54. The van der Waals surface area contributed by atoms with Crippen LogP contribution in [-0.2, 0) is 6.18 Å². The highest BCUT2D eigenvalue weighted by Crippen LogP contribution is 2.31. The summed E-state index contributed by atoms with van der Waals surface area (Å²) in [6, 6.07) is 3.02. The van der Waals surface area contributed by atoms with Gasteiger partial charge in [-0.05, 0) is 53.5 Å². The van der Waals surface area contributed by atoms with E-state index in [4.69, 9.17) is 0 Å². The lowest BCUT2D eigenvalue weighted by atomic mass is 10.1. The fourth-order valence-corrected chi connectivity index (χ4v) is 2.54. The van der Waals surface area contributed by atoms with Crippen LogP contribution in [0.5, 0.6) is 0 Å². The van der Waals surface area contributed by atoms with E-state index in [-0.39, 0.29) is 11.6 Å². The van der Waals surface area contributed by atoms with Crippen LogP contribution in [0.25, 0.3) is 0 Å². The number of benzene rings is 1. The van der Waals surface area contributed by atoms with Gasteiger partial charge in [-0.15, -0.1) is 0 Å². The summed E-state index contributed by atoms with van der Waals surface area (Å²) < 4.78 is 38.3. The maximum atomic E-state index is 12.7. The molecule has 1 aliphatic heterocycles. The zero-order valence-electron chi connectivity index (χ0n) is 10.6. The number of carbonyl (C=O) groups excluding carboxylic acids is 1. The van der Waals surface area contributed by atoms with Crippen LogP contribution in [0.15, 0.2) is 22.7 Å². The Morgan fingerprint density at radius 3 is 2.75 bits per heavy atom. The van der Waals surface area contributed by atoms with Crippen molar-refractivity contribution >= 4 is 21.8 Å². The zero-order valence-corrected chi connectivity index (χ0v) is 12.1. The van der Waals surface area contributed by atoms with E-state index in [2.05, 4.69) is 26.6 Å². The Bertz CT molecular complexity index is 499. The van der Waals surface area contributed by atoms with Crippen LogP contribution in [-0.4, -0.2) is 25.0 Å². The highest BCUT2D eigenvalue weighted by atomic mass is 79.9. The Kier molecular flexibility index (Phi) is 4.70. The van der Waals surface area contributed by atoms with Gasteiger partial charge in [0, 0.05) is 17.1 Å². The molecule has 1 aliphatic rings. The summed E-state index contributed by atoms with van der Waals surface area (Å²) in [6.07, 6.45) is -2.69. The molecule has 2 N–H and O–H groups in total. The van der Waals surface area contributed by atoms with Gasteiger partial charge >= 0.3 is 6.18 Å². The van der Waals surface area contributed by atoms with E-state index in [0.29, 0.717) is 11.0 Å². The van der Waals surface area contributed by atoms with Gasteiger partial charge < -0.3 is 10.6 Å². The van der Waals surface area contributed by atoms with E-state index in [0.717, 1.165) is 31.5 Å². The number of piperidine rings is 1. The largest absolute Gasteiger partial charge is 0.416 e. The molecule has 2 rings (SSSR count). The summed E-state index contributed by atoms with van der Waals surface area (Å²) in [4.78, 5) is 12.1. The van der Waals surface area contributed by atoms with Crippen molar-refractivity contribution in [2.45, 2.75) is 25.1 Å². The molecule has 1 saturated heterocycles. The first kappa shape index (κ1) is 15.3. The molecule has 0 bridgehead atoms. The number of hydrogen-bond donors (Lipinski definition) is 2. The van der Waals surface area contributed by atoms with Crippen LogP contribution >= 0.6 is 15.9 Å². The number of nitrogens with one attached hydrogen (secondary N) is 2. The monoisotopic (exact) mass is 350 g/mol. The molecule has 1 amide bonds. The first-order valence-corrected chi connectivity index (χ1v) is 7.05. The SMILES string of the molecule is O=C(N[C@@H]1CCCNC1)c1cc(C(F)(F)F)ccc1Br. The second-order valence-corrected chi connectivity index (χ2v) is 5.56. The summed E-state index contributed by atoms with van der Waals surface area (Å²) >= 11 is 3.12. The summed E-state index contributed by atoms with van der Waals surface area (Å²) in [5.41, 5.74) is -0.821. The number of halogens is 4. The summed E-state index contributed by atoms with van der Waals surface area (Å²) in [5.74, 6) is -0.489. The normalized spacial score (nSPS) is 19.7. The predicted octanol–water partition coefficient (Wildman–Crippen LogP) is 2.95. The van der Waals surface area contributed by atoms with Crippen molar-refractivity contribution < 1.29 is 18.0 Å². The molecule has 1 fully saturated rings. The highest BCUT2D eigenvalue weighted by molar-refractivity contribution is 9.10. The Balaban J connectivity index is 2.16. The molecule has 1 heterocycles. The van der Waals surface area contributed by atoms with Crippen LogP contribution in [0.1, 0.15) is 28.8 Å². The molecule has 0 unspecified atom stereocenters. The smallest absolute Gasteiger partial charge is 0.348 e. The topological polar surface area (TPSA) is 41.1 Å². The van der Waals surface area contributed by atoms with Gasteiger partial charge in [0.2, 0.25) is 0 Å². The molecule has 0 radical (unpaired) electrons. The van der Waals surface area contributed by atoms with E-state index in [9.17, 15) is 18.0 Å². The fraction of sp³-hybridized carbons (Fsp3) is 0.462. The fourth-order valence-electron chi connectivity index (χ4n) is 2.11. The molecule has 0 aliphatic carbocycles. The Morgan fingerprint density at radius 2 is 2.15 bits per heavy atom. The van der Waals surface area contributed by atoms with Crippen molar-refractivity contribution in [3.05, 3.63) is 33.8 Å². The molecular weight excluding hydrogens is 337 g/mol. The van der Waals surface area contributed by atoms with Crippen LogP contribution in [0.4, 0.5) is 13.2 Å². The minimum atomic E-state index is -4.46. The standard InChI is InChI=1S/C13H14BrF3N2O/c14-11-4-3-8(13(15,16)17)6-10(11)12(20)19-9-2-1-5-18-7-9/h3-4,6,9,18H,1-2,5,7H2,(H,19,20)/t9-/m1/s1. The van der Waals surface area contributed by atoms with E-state index in [1.54, 1.807) is 0 Å². The van der Waals surface area contributed by atoms with Gasteiger partial charge in [-0.25, -0.2) is 0 Å². The van der Waals surface area contributed by atoms with Crippen LogP contribution in [0.2, 0.25) is 0 Å². The van der Waals surface area contributed by atoms with Gasteiger partial charge in [0.05, 0.1) is 11.1 Å². The number of amides is 1. The molecule has 1 aromatic carbocycles. The van der Waals surface area contributed by atoms with Gasteiger partial charge in [0.15, 0.2) is 0 Å². The van der Waals surface area contributed by atoms with Gasteiger partial charge in [0.1, 0.15) is 0 Å². The molecule has 20 heavy (non-hydrogen) atoms. The summed E-state index contributed by atoms with van der Waals surface area (Å²) in [7, 11) is 0. The average Bonchev–Trinajstić information content (AvgIpc) is 2.39. The van der Waals surface area contributed by atoms with E-state index in [1.807, 2.05) is 0 Å². The number of rotatable bonds is 2. The predicted molar refractivity (Wildman–Crippen MR) is 72.5 cm³/mol. The number of alkyl halides is 3. The third-order valence-electron chi connectivity index (χ3n) is 3.17. The molecule has 3 nitrogen and oxygen atoms in total. The quantitative estimate of drug-likeness (QED) is 0.860. The molecule has 0 saturated carbocycles. The van der Waals surface area contributed by atoms with Crippen molar-refractivity contribution in [1.82, 2.24) is 10.6 Å². The molecule has 1 aromatic rings. The molecule has 110 valence electrons. The van der Waals surface area contributed by atoms with Gasteiger partial charge in [-0.2, -0.15) is 13.2 Å². The lowest BCUT2D eigenvalue weighted by Gasteiger charge is -2.24. The second-order valence-electron chi connectivity index (χ2n) is 4.71. The van der Waals surface area contributed by atoms with Crippen LogP contribution in [0.3, 0.4) is 0 Å². The first-order valence-electron chi connectivity index (χ1n) is 6.26. The third kappa shape index (κ3) is 3.73. The van der Waals surface area contributed by atoms with E-state index < -0.39 is 17.6 Å².